The molecule has 3 nitrogen and oxygen atoms in total. The van der Waals surface area contributed by atoms with Crippen molar-refractivity contribution in [2.45, 2.75) is 19.9 Å². The highest BCUT2D eigenvalue weighted by atomic mass is 16.3. The van der Waals surface area contributed by atoms with E-state index in [-0.39, 0.29) is 0 Å². The molecule has 0 amide bonds. The summed E-state index contributed by atoms with van der Waals surface area (Å²) in [7, 11) is 2.19. The lowest BCUT2D eigenvalue weighted by Gasteiger charge is -2.22. The van der Waals surface area contributed by atoms with Crippen molar-refractivity contribution in [2.24, 2.45) is 0 Å². The molecule has 0 spiro atoms. The minimum atomic E-state index is 0.980. The zero-order chi connectivity index (χ0) is 16.3. The van der Waals surface area contributed by atoms with Gasteiger partial charge in [0.25, 0.3) is 0 Å². The van der Waals surface area contributed by atoms with E-state index in [1.54, 1.807) is 0 Å². The van der Waals surface area contributed by atoms with Crippen LogP contribution in [0.5, 0.6) is 0 Å². The topological polar surface area (TPSA) is 32.2 Å². The van der Waals surface area contributed by atoms with E-state index in [1.807, 2.05) is 6.07 Å². The molecule has 1 N–H and O–H groups in total. The summed E-state index contributed by atoms with van der Waals surface area (Å²) in [6.45, 7) is 4.29. The Hall–Kier alpha value is -2.52. The molecular formula is C21H20N2O. The van der Waals surface area contributed by atoms with Crippen molar-refractivity contribution in [3.05, 3.63) is 59.3 Å². The Bertz CT molecular complexity index is 1060. The Morgan fingerprint density at radius 2 is 1.88 bits per heavy atom. The molecule has 0 bridgehead atoms. The molecule has 3 heteroatoms. The number of hydrogen-bond acceptors (Lipinski definition) is 2. The Morgan fingerprint density at radius 1 is 1.04 bits per heavy atom. The largest absolute Gasteiger partial charge is 0.456 e. The maximum atomic E-state index is 6.25. The number of fused-ring (bicyclic) bond motifs is 5. The number of nitrogens with one attached hydrogen (secondary N) is 1. The van der Waals surface area contributed by atoms with Crippen LogP contribution in [0.3, 0.4) is 0 Å². The summed E-state index contributed by atoms with van der Waals surface area (Å²) in [5.41, 5.74) is 7.41. The monoisotopic (exact) mass is 316 g/mol. The van der Waals surface area contributed by atoms with E-state index in [2.05, 4.69) is 60.3 Å². The highest BCUT2D eigenvalue weighted by molar-refractivity contribution is 6.10. The standard InChI is InChI=1S/C21H20N2O/c1-13-19-18(24-21(13)14-6-4-3-5-7-14)9-8-17-20(19)15-12-23(2)11-10-16(15)22-17/h3-9,22H,10-12H2,1-2H3. The van der Waals surface area contributed by atoms with Gasteiger partial charge < -0.3 is 14.3 Å². The lowest BCUT2D eigenvalue weighted by molar-refractivity contribution is 0.313. The molecular weight excluding hydrogens is 296 g/mol. The number of aromatic amines is 1. The number of furan rings is 1. The predicted molar refractivity (Wildman–Crippen MR) is 98.3 cm³/mol. The van der Waals surface area contributed by atoms with E-state index in [0.29, 0.717) is 0 Å². The fourth-order valence-electron chi connectivity index (χ4n) is 4.05. The zero-order valence-electron chi connectivity index (χ0n) is 14.0. The maximum absolute atomic E-state index is 6.25. The van der Waals surface area contributed by atoms with Crippen LogP contribution in [0.1, 0.15) is 16.8 Å². The van der Waals surface area contributed by atoms with Gasteiger partial charge in [0.15, 0.2) is 0 Å². The Labute approximate surface area is 140 Å². The normalized spacial score (nSPS) is 15.2. The van der Waals surface area contributed by atoms with Gasteiger partial charge in [0.05, 0.1) is 0 Å². The summed E-state index contributed by atoms with van der Waals surface area (Å²) in [5.74, 6) is 0.984. The quantitative estimate of drug-likeness (QED) is 0.543. The van der Waals surface area contributed by atoms with Crippen LogP contribution >= 0.6 is 0 Å². The van der Waals surface area contributed by atoms with Gasteiger partial charge in [0.2, 0.25) is 0 Å². The zero-order valence-corrected chi connectivity index (χ0v) is 14.0. The second-order valence-electron chi connectivity index (χ2n) is 6.85. The molecule has 4 aromatic rings. The summed E-state index contributed by atoms with van der Waals surface area (Å²) in [6, 6.07) is 14.6. The summed E-state index contributed by atoms with van der Waals surface area (Å²) in [4.78, 5) is 6.03. The molecule has 5 rings (SSSR count). The van der Waals surface area contributed by atoms with E-state index in [9.17, 15) is 0 Å². The van der Waals surface area contributed by atoms with Crippen LogP contribution in [-0.2, 0) is 13.0 Å². The lowest BCUT2D eigenvalue weighted by atomic mass is 9.99. The number of H-pyrrole nitrogens is 1. The Morgan fingerprint density at radius 3 is 2.71 bits per heavy atom. The van der Waals surface area contributed by atoms with Gasteiger partial charge in [-0.3, -0.25) is 0 Å². The smallest absolute Gasteiger partial charge is 0.138 e. The van der Waals surface area contributed by atoms with Gasteiger partial charge >= 0.3 is 0 Å². The molecule has 120 valence electrons. The van der Waals surface area contributed by atoms with Crippen LogP contribution in [0.25, 0.3) is 33.2 Å². The summed E-state index contributed by atoms with van der Waals surface area (Å²) in [6.07, 6.45) is 1.09. The molecule has 3 heterocycles. The molecule has 1 aliphatic rings. The average Bonchev–Trinajstić information content (AvgIpc) is 3.13. The molecule has 0 radical (unpaired) electrons. The van der Waals surface area contributed by atoms with Crippen molar-refractivity contribution < 1.29 is 4.42 Å². The average molecular weight is 316 g/mol. The van der Waals surface area contributed by atoms with Gasteiger partial charge in [0.1, 0.15) is 11.3 Å². The van der Waals surface area contributed by atoms with E-state index < -0.39 is 0 Å². The second-order valence-corrected chi connectivity index (χ2v) is 6.85. The molecule has 0 saturated heterocycles. The molecule has 2 aromatic heterocycles. The summed E-state index contributed by atoms with van der Waals surface area (Å²) >= 11 is 0. The molecule has 0 unspecified atom stereocenters. The van der Waals surface area contributed by atoms with E-state index in [1.165, 1.54) is 33.1 Å². The third-order valence-electron chi connectivity index (χ3n) is 5.25. The number of benzene rings is 2. The van der Waals surface area contributed by atoms with Gasteiger partial charge in [-0.05, 0) is 31.7 Å². The van der Waals surface area contributed by atoms with Crippen LogP contribution in [0.4, 0.5) is 0 Å². The summed E-state index contributed by atoms with van der Waals surface area (Å²) < 4.78 is 6.25. The minimum Gasteiger partial charge on any atom is -0.456 e. The number of rotatable bonds is 1. The van der Waals surface area contributed by atoms with Crippen molar-refractivity contribution in [3.8, 4) is 11.3 Å². The van der Waals surface area contributed by atoms with Gasteiger partial charge in [-0.25, -0.2) is 0 Å². The maximum Gasteiger partial charge on any atom is 0.138 e. The summed E-state index contributed by atoms with van der Waals surface area (Å²) in [5, 5.41) is 2.61. The van der Waals surface area contributed by atoms with Gasteiger partial charge in [-0.15, -0.1) is 0 Å². The molecule has 0 saturated carbocycles. The Balaban J connectivity index is 1.85. The van der Waals surface area contributed by atoms with Gasteiger partial charge in [0, 0.05) is 52.6 Å². The van der Waals surface area contributed by atoms with Crippen molar-refractivity contribution in [1.29, 1.82) is 0 Å². The first kappa shape index (κ1) is 13.9. The number of likely N-dealkylation sites (N-methyl/N-ethyl adjacent to an activating group) is 1. The number of nitrogens with zero attached hydrogens (tertiary/aromatic N) is 1. The number of hydrogen-bond donors (Lipinski definition) is 1. The molecule has 24 heavy (non-hydrogen) atoms. The van der Waals surface area contributed by atoms with Crippen molar-refractivity contribution in [1.82, 2.24) is 9.88 Å². The lowest BCUT2D eigenvalue weighted by Crippen LogP contribution is -2.26. The van der Waals surface area contributed by atoms with Crippen LogP contribution in [0.2, 0.25) is 0 Å². The van der Waals surface area contributed by atoms with Crippen LogP contribution < -0.4 is 0 Å². The number of aromatic nitrogens is 1. The molecule has 2 aromatic carbocycles. The molecule has 0 fully saturated rings. The van der Waals surface area contributed by atoms with Gasteiger partial charge in [-0.2, -0.15) is 0 Å². The highest BCUT2D eigenvalue weighted by Crippen LogP contribution is 2.40. The molecule has 1 aliphatic heterocycles. The molecule has 0 aliphatic carbocycles. The third kappa shape index (κ3) is 1.88. The van der Waals surface area contributed by atoms with Gasteiger partial charge in [-0.1, -0.05) is 30.3 Å². The van der Waals surface area contributed by atoms with Crippen LogP contribution in [0, 0.1) is 6.92 Å². The van der Waals surface area contributed by atoms with Crippen molar-refractivity contribution in [3.63, 3.8) is 0 Å². The first-order valence-electron chi connectivity index (χ1n) is 8.52. The van der Waals surface area contributed by atoms with E-state index in [4.69, 9.17) is 4.42 Å². The van der Waals surface area contributed by atoms with E-state index >= 15 is 0 Å². The first-order valence-corrected chi connectivity index (χ1v) is 8.52. The SMILES string of the molecule is Cc1c(-c2ccccc2)oc2ccc3[nH]c4c(c3c12)CN(C)CC4. The fraction of sp³-hybridized carbons (Fsp3) is 0.238. The third-order valence-corrected chi connectivity index (χ3v) is 5.25. The predicted octanol–water partition coefficient (Wildman–Crippen LogP) is 4.88. The van der Waals surface area contributed by atoms with E-state index in [0.717, 1.165) is 36.4 Å². The highest BCUT2D eigenvalue weighted by Gasteiger charge is 2.23. The van der Waals surface area contributed by atoms with Crippen molar-refractivity contribution in [2.75, 3.05) is 13.6 Å². The first-order chi connectivity index (χ1) is 11.7. The van der Waals surface area contributed by atoms with Crippen LogP contribution in [0.15, 0.2) is 46.9 Å². The fourth-order valence-corrected chi connectivity index (χ4v) is 4.05. The van der Waals surface area contributed by atoms with Crippen molar-refractivity contribution >= 4 is 21.9 Å². The second kappa shape index (κ2) is 4.99. The Kier molecular flexibility index (Phi) is 2.88. The number of aryl methyl sites for hydroxylation is 1. The van der Waals surface area contributed by atoms with Crippen LogP contribution in [-0.4, -0.2) is 23.5 Å². The minimum absolute atomic E-state index is 0.980. The molecule has 0 atom stereocenters.